The molecule has 0 fully saturated rings. The second-order valence-corrected chi connectivity index (χ2v) is 6.11. The van der Waals surface area contributed by atoms with E-state index in [2.05, 4.69) is 20.8 Å². The third-order valence-electron chi connectivity index (χ3n) is 3.76. The molecule has 1 atom stereocenters. The van der Waals surface area contributed by atoms with Crippen LogP contribution in [0.3, 0.4) is 0 Å². The van der Waals surface area contributed by atoms with E-state index in [9.17, 15) is 9.18 Å². The summed E-state index contributed by atoms with van der Waals surface area (Å²) in [4.78, 5) is 12.6. The maximum Gasteiger partial charge on any atom is 0.319 e. The number of rotatable bonds is 3. The van der Waals surface area contributed by atoms with Gasteiger partial charge in [0.05, 0.1) is 6.20 Å². The molecule has 3 rings (SSSR count). The molecule has 1 aliphatic carbocycles. The second-order valence-electron chi connectivity index (χ2n) is 5.26. The van der Waals surface area contributed by atoms with E-state index < -0.39 is 0 Å². The molecule has 3 N–H and O–H groups in total. The van der Waals surface area contributed by atoms with Gasteiger partial charge in [-0.2, -0.15) is 5.10 Å². The fraction of sp³-hybridized carbons (Fsp3) is 0.333. The molecule has 1 aromatic carbocycles. The number of thioether (sulfide) groups is 1. The summed E-state index contributed by atoms with van der Waals surface area (Å²) in [7, 11) is 0. The van der Waals surface area contributed by atoms with Crippen molar-refractivity contribution in [1.82, 2.24) is 15.5 Å². The Morgan fingerprint density at radius 1 is 1.50 bits per heavy atom. The van der Waals surface area contributed by atoms with Gasteiger partial charge in [-0.3, -0.25) is 5.10 Å². The number of nitrogens with one attached hydrogen (secondary N) is 3. The smallest absolute Gasteiger partial charge is 0.319 e. The van der Waals surface area contributed by atoms with Crippen LogP contribution in [-0.2, 0) is 12.8 Å². The molecule has 5 nitrogen and oxygen atoms in total. The molecule has 22 heavy (non-hydrogen) atoms. The Bertz CT molecular complexity index is 688. The molecule has 0 saturated carbocycles. The summed E-state index contributed by atoms with van der Waals surface area (Å²) in [5, 5.41) is 12.6. The average Bonchev–Trinajstić information content (AvgIpc) is 2.95. The summed E-state index contributed by atoms with van der Waals surface area (Å²) < 4.78 is 13.7. The topological polar surface area (TPSA) is 69.8 Å². The fourth-order valence-corrected chi connectivity index (χ4v) is 3.09. The zero-order valence-electron chi connectivity index (χ0n) is 12.1. The van der Waals surface area contributed by atoms with E-state index in [4.69, 9.17) is 0 Å². The highest BCUT2D eigenvalue weighted by atomic mass is 32.2. The van der Waals surface area contributed by atoms with Crippen molar-refractivity contribution in [2.24, 2.45) is 0 Å². The summed E-state index contributed by atoms with van der Waals surface area (Å²) >= 11 is 1.33. The highest BCUT2D eigenvalue weighted by Gasteiger charge is 2.21. The Kier molecular flexibility index (Phi) is 4.33. The van der Waals surface area contributed by atoms with Gasteiger partial charge in [0.15, 0.2) is 0 Å². The number of carbonyl (C=O) groups is 1. The molecule has 116 valence electrons. The van der Waals surface area contributed by atoms with Crippen molar-refractivity contribution in [2.75, 3.05) is 11.6 Å². The van der Waals surface area contributed by atoms with Crippen LogP contribution in [0.4, 0.5) is 14.9 Å². The van der Waals surface area contributed by atoms with Gasteiger partial charge in [0, 0.05) is 22.3 Å². The zero-order valence-corrected chi connectivity index (χ0v) is 13.0. The first kappa shape index (κ1) is 14.9. The van der Waals surface area contributed by atoms with Gasteiger partial charge in [0.25, 0.3) is 0 Å². The molecule has 0 bridgehead atoms. The second kappa shape index (κ2) is 6.39. The third-order valence-corrected chi connectivity index (χ3v) is 4.53. The predicted octanol–water partition coefficient (Wildman–Crippen LogP) is 2.95. The van der Waals surface area contributed by atoms with Gasteiger partial charge in [0.1, 0.15) is 5.82 Å². The number of urea groups is 1. The molecule has 0 saturated heterocycles. The van der Waals surface area contributed by atoms with E-state index in [1.165, 1.54) is 17.8 Å². The summed E-state index contributed by atoms with van der Waals surface area (Å²) in [5.74, 6) is -0.328. The minimum Gasteiger partial charge on any atom is -0.335 e. The largest absolute Gasteiger partial charge is 0.335 e. The number of H-pyrrole nitrogens is 1. The van der Waals surface area contributed by atoms with Crippen molar-refractivity contribution in [3.8, 4) is 0 Å². The van der Waals surface area contributed by atoms with Crippen molar-refractivity contribution in [1.29, 1.82) is 0 Å². The molecule has 7 heteroatoms. The van der Waals surface area contributed by atoms with Crippen LogP contribution >= 0.6 is 11.8 Å². The summed E-state index contributed by atoms with van der Waals surface area (Å²) in [6, 6.07) is 4.45. The van der Waals surface area contributed by atoms with Crippen LogP contribution in [0.2, 0.25) is 0 Å². The lowest BCUT2D eigenvalue weighted by Crippen LogP contribution is -2.41. The van der Waals surface area contributed by atoms with E-state index in [0.717, 1.165) is 30.5 Å². The first-order chi connectivity index (χ1) is 10.7. The summed E-state index contributed by atoms with van der Waals surface area (Å²) in [5.41, 5.74) is 2.74. The van der Waals surface area contributed by atoms with Gasteiger partial charge in [-0.05, 0) is 49.3 Å². The van der Waals surface area contributed by atoms with Crippen LogP contribution in [-0.4, -0.2) is 28.5 Å². The molecule has 2 amide bonds. The Balaban J connectivity index is 1.58. The first-order valence-electron chi connectivity index (χ1n) is 7.08. The molecule has 0 aliphatic heterocycles. The molecule has 1 heterocycles. The highest BCUT2D eigenvalue weighted by Crippen LogP contribution is 2.22. The predicted molar refractivity (Wildman–Crippen MR) is 84.7 cm³/mol. The number of hydrogen-bond donors (Lipinski definition) is 3. The van der Waals surface area contributed by atoms with Crippen molar-refractivity contribution in [2.45, 2.75) is 30.2 Å². The molecule has 1 aliphatic rings. The Morgan fingerprint density at radius 2 is 2.36 bits per heavy atom. The van der Waals surface area contributed by atoms with E-state index >= 15 is 0 Å². The number of nitrogens with zero attached hydrogens (tertiary/aromatic N) is 1. The van der Waals surface area contributed by atoms with Crippen LogP contribution in [0.5, 0.6) is 0 Å². The van der Waals surface area contributed by atoms with Crippen LogP contribution in [0.1, 0.15) is 17.7 Å². The van der Waals surface area contributed by atoms with Gasteiger partial charge in [-0.1, -0.05) is 0 Å². The summed E-state index contributed by atoms with van der Waals surface area (Å²) in [6.07, 6.45) is 6.11. The van der Waals surface area contributed by atoms with Crippen LogP contribution in [0.15, 0.2) is 29.3 Å². The lowest BCUT2D eigenvalue weighted by atomic mass is 9.94. The van der Waals surface area contributed by atoms with E-state index in [1.807, 2.05) is 6.26 Å². The number of anilines is 1. The van der Waals surface area contributed by atoms with Gasteiger partial charge < -0.3 is 10.6 Å². The molecule has 1 aromatic heterocycles. The molecule has 2 aromatic rings. The van der Waals surface area contributed by atoms with Crippen molar-refractivity contribution < 1.29 is 9.18 Å². The maximum atomic E-state index is 13.7. The number of halogens is 1. The SMILES string of the molecule is CSc1ccc(NC(=O)N[C@@H]2CCc3[nH]ncc3C2)cc1F. The molecule has 0 unspecified atom stereocenters. The number of aromatic nitrogens is 2. The number of benzene rings is 1. The van der Waals surface area contributed by atoms with E-state index in [-0.39, 0.29) is 17.9 Å². The number of aryl methyl sites for hydroxylation is 1. The number of carbonyl (C=O) groups excluding carboxylic acids is 1. The van der Waals surface area contributed by atoms with Crippen molar-refractivity contribution >= 4 is 23.5 Å². The monoisotopic (exact) mass is 320 g/mol. The normalized spacial score (nSPS) is 16.9. The van der Waals surface area contributed by atoms with Crippen LogP contribution in [0.25, 0.3) is 0 Å². The maximum absolute atomic E-state index is 13.7. The number of aromatic amines is 1. The minimum atomic E-state index is -0.328. The molecular weight excluding hydrogens is 303 g/mol. The first-order valence-corrected chi connectivity index (χ1v) is 8.30. The van der Waals surface area contributed by atoms with E-state index in [1.54, 1.807) is 18.3 Å². The molecule has 0 radical (unpaired) electrons. The minimum absolute atomic E-state index is 0.0698. The van der Waals surface area contributed by atoms with Gasteiger partial charge in [-0.25, -0.2) is 9.18 Å². The average molecular weight is 320 g/mol. The standard InChI is InChI=1S/C15H17FN4OS/c1-22-14-5-3-11(7-12(14)16)19-15(21)18-10-2-4-13-9(6-10)8-17-20-13/h3,5,7-8,10H,2,4,6H2,1H3,(H,17,20)(H2,18,19,21)/t10-/m1/s1. The van der Waals surface area contributed by atoms with Gasteiger partial charge >= 0.3 is 6.03 Å². The quantitative estimate of drug-likeness (QED) is 0.762. The summed E-state index contributed by atoms with van der Waals surface area (Å²) in [6.45, 7) is 0. The highest BCUT2D eigenvalue weighted by molar-refractivity contribution is 7.98. The lowest BCUT2D eigenvalue weighted by molar-refractivity contribution is 0.247. The zero-order chi connectivity index (χ0) is 15.5. The third kappa shape index (κ3) is 3.24. The van der Waals surface area contributed by atoms with E-state index in [0.29, 0.717) is 10.6 Å². The Labute approximate surface area is 132 Å². The Hall–Kier alpha value is -2.02. The van der Waals surface area contributed by atoms with Gasteiger partial charge in [-0.15, -0.1) is 11.8 Å². The van der Waals surface area contributed by atoms with Gasteiger partial charge in [0.2, 0.25) is 0 Å². The number of amides is 2. The van der Waals surface area contributed by atoms with Crippen molar-refractivity contribution in [3.05, 3.63) is 41.5 Å². The fourth-order valence-electron chi connectivity index (χ4n) is 2.64. The molecule has 0 spiro atoms. The number of fused-ring (bicyclic) bond motifs is 1. The Morgan fingerprint density at radius 3 is 3.14 bits per heavy atom. The van der Waals surface area contributed by atoms with Crippen LogP contribution < -0.4 is 10.6 Å². The lowest BCUT2D eigenvalue weighted by Gasteiger charge is -2.23. The molecular formula is C15H17FN4OS. The van der Waals surface area contributed by atoms with Crippen molar-refractivity contribution in [3.63, 3.8) is 0 Å². The number of hydrogen-bond acceptors (Lipinski definition) is 3. The van der Waals surface area contributed by atoms with Crippen LogP contribution in [0, 0.1) is 5.82 Å².